The van der Waals surface area contributed by atoms with Gasteiger partial charge >= 0.3 is 0 Å². The minimum absolute atomic E-state index is 0.0807. The van der Waals surface area contributed by atoms with Gasteiger partial charge in [-0.1, -0.05) is 0 Å². The van der Waals surface area contributed by atoms with Gasteiger partial charge in [0.25, 0.3) is 0 Å². The Morgan fingerprint density at radius 1 is 1.29 bits per heavy atom. The summed E-state index contributed by atoms with van der Waals surface area (Å²) in [4.78, 5) is 14.6. The van der Waals surface area contributed by atoms with Gasteiger partial charge in [-0.25, -0.2) is 22.8 Å². The number of aromatic amines is 1. The highest BCUT2D eigenvalue weighted by Gasteiger charge is 2.46. The summed E-state index contributed by atoms with van der Waals surface area (Å²) in [6.07, 6.45) is 2.85. The Bertz CT molecular complexity index is 1260. The molecule has 164 valence electrons. The zero-order valence-corrected chi connectivity index (χ0v) is 18.4. The van der Waals surface area contributed by atoms with Crippen molar-refractivity contribution < 1.29 is 17.5 Å². The average Bonchev–Trinajstić information content (AvgIpc) is 3.31. The SMILES string of the molecule is C[C@@H]1COCCN1c1cc(C2(C)CCCS2(=O)=O)nc(-c2cc(F)cc3[nH]ccc23)n1. The van der Waals surface area contributed by atoms with Crippen LogP contribution in [0, 0.1) is 5.82 Å². The van der Waals surface area contributed by atoms with E-state index in [1.165, 1.54) is 12.1 Å². The van der Waals surface area contributed by atoms with Crippen LogP contribution in [0.4, 0.5) is 10.2 Å². The van der Waals surface area contributed by atoms with Gasteiger partial charge in [-0.2, -0.15) is 0 Å². The normalized spacial score (nSPS) is 25.9. The van der Waals surface area contributed by atoms with Gasteiger partial charge in [0, 0.05) is 35.3 Å². The van der Waals surface area contributed by atoms with Gasteiger partial charge in [-0.05, 0) is 44.9 Å². The first-order valence-corrected chi connectivity index (χ1v) is 12.2. The van der Waals surface area contributed by atoms with Gasteiger partial charge in [0.15, 0.2) is 15.7 Å². The average molecular weight is 445 g/mol. The number of morpholine rings is 1. The summed E-state index contributed by atoms with van der Waals surface area (Å²) >= 11 is 0. The monoisotopic (exact) mass is 444 g/mol. The lowest BCUT2D eigenvalue weighted by Crippen LogP contribution is -2.44. The number of nitrogens with one attached hydrogen (secondary N) is 1. The molecule has 9 heteroatoms. The van der Waals surface area contributed by atoms with Crippen molar-refractivity contribution in [1.29, 1.82) is 0 Å². The number of nitrogens with zero attached hydrogens (tertiary/aromatic N) is 3. The highest BCUT2D eigenvalue weighted by Crippen LogP contribution is 2.42. The van der Waals surface area contributed by atoms with Crippen LogP contribution in [0.1, 0.15) is 32.4 Å². The molecule has 0 spiro atoms. The summed E-state index contributed by atoms with van der Waals surface area (Å²) < 4.78 is 44.8. The topological polar surface area (TPSA) is 88.2 Å². The Morgan fingerprint density at radius 2 is 2.13 bits per heavy atom. The van der Waals surface area contributed by atoms with E-state index in [1.807, 2.05) is 13.0 Å². The van der Waals surface area contributed by atoms with Crippen LogP contribution in [0.2, 0.25) is 0 Å². The van der Waals surface area contributed by atoms with Crippen molar-refractivity contribution in [3.05, 3.63) is 42.0 Å². The molecule has 2 fully saturated rings. The molecule has 2 saturated heterocycles. The first-order chi connectivity index (χ1) is 14.8. The van der Waals surface area contributed by atoms with E-state index in [1.54, 1.807) is 19.2 Å². The number of sulfone groups is 1. The molecular formula is C22H25FN4O3S. The number of hydrogen-bond donors (Lipinski definition) is 1. The quantitative estimate of drug-likeness (QED) is 0.666. The summed E-state index contributed by atoms with van der Waals surface area (Å²) in [6.45, 7) is 5.55. The molecule has 5 rings (SSSR count). The standard InChI is InChI=1S/C22H25FN4O3S/c1-14-13-30-8-7-27(14)20-12-19(22(2)5-3-9-31(22,28)29)25-21(26-20)17-10-15(23)11-18-16(17)4-6-24-18/h4,6,10-12,14,24H,3,5,7-9,13H2,1-2H3/t14-,22?/m1/s1. The smallest absolute Gasteiger partial charge is 0.162 e. The predicted octanol–water partition coefficient (Wildman–Crippen LogP) is 3.41. The number of hydrogen-bond acceptors (Lipinski definition) is 6. The predicted molar refractivity (Wildman–Crippen MR) is 117 cm³/mol. The molecule has 2 aliphatic rings. The minimum atomic E-state index is -3.35. The molecule has 0 radical (unpaired) electrons. The number of aromatic nitrogens is 3. The van der Waals surface area contributed by atoms with E-state index in [-0.39, 0.29) is 11.8 Å². The van der Waals surface area contributed by atoms with Gasteiger partial charge in [-0.3, -0.25) is 0 Å². The van der Waals surface area contributed by atoms with Gasteiger partial charge in [0.05, 0.1) is 30.7 Å². The van der Waals surface area contributed by atoms with E-state index < -0.39 is 20.4 Å². The highest BCUT2D eigenvalue weighted by atomic mass is 32.2. The fourth-order valence-electron chi connectivity index (χ4n) is 4.62. The van der Waals surface area contributed by atoms with Crippen LogP contribution >= 0.6 is 0 Å². The number of ether oxygens (including phenoxy) is 1. The van der Waals surface area contributed by atoms with Gasteiger partial charge in [0.2, 0.25) is 0 Å². The van der Waals surface area contributed by atoms with Crippen LogP contribution in [-0.4, -0.2) is 54.9 Å². The van der Waals surface area contributed by atoms with Crippen LogP contribution < -0.4 is 4.90 Å². The first-order valence-electron chi connectivity index (χ1n) is 10.5. The maximum Gasteiger partial charge on any atom is 0.162 e. The third-order valence-electron chi connectivity index (χ3n) is 6.54. The Balaban J connectivity index is 1.75. The van der Waals surface area contributed by atoms with Gasteiger partial charge < -0.3 is 14.6 Å². The number of benzene rings is 1. The lowest BCUT2D eigenvalue weighted by atomic mass is 10.00. The molecule has 31 heavy (non-hydrogen) atoms. The molecule has 7 nitrogen and oxygen atoms in total. The summed E-state index contributed by atoms with van der Waals surface area (Å²) in [7, 11) is -3.35. The first kappa shape index (κ1) is 20.4. The largest absolute Gasteiger partial charge is 0.377 e. The van der Waals surface area contributed by atoms with Crippen molar-refractivity contribution in [3.8, 4) is 11.4 Å². The molecule has 1 unspecified atom stereocenters. The van der Waals surface area contributed by atoms with Gasteiger partial charge in [0.1, 0.15) is 16.4 Å². The maximum absolute atomic E-state index is 14.4. The zero-order chi connectivity index (χ0) is 21.8. The molecule has 0 amide bonds. The molecule has 2 aliphatic heterocycles. The Labute approximate surface area is 180 Å². The molecule has 2 aromatic heterocycles. The van der Waals surface area contributed by atoms with Crippen LogP contribution in [0.3, 0.4) is 0 Å². The molecule has 2 atom stereocenters. The number of H-pyrrole nitrogens is 1. The van der Waals surface area contributed by atoms with Crippen LogP contribution in [-0.2, 0) is 19.3 Å². The summed E-state index contributed by atoms with van der Waals surface area (Å²) in [5.41, 5.74) is 1.65. The molecule has 4 heterocycles. The van der Waals surface area contributed by atoms with Crippen LogP contribution in [0.5, 0.6) is 0 Å². The van der Waals surface area contributed by atoms with E-state index in [0.29, 0.717) is 61.0 Å². The molecule has 0 aliphatic carbocycles. The third kappa shape index (κ3) is 3.30. The van der Waals surface area contributed by atoms with Gasteiger partial charge in [-0.15, -0.1) is 0 Å². The number of rotatable bonds is 3. The summed E-state index contributed by atoms with van der Waals surface area (Å²) in [6, 6.07) is 6.56. The lowest BCUT2D eigenvalue weighted by Gasteiger charge is -2.35. The van der Waals surface area contributed by atoms with Crippen molar-refractivity contribution in [2.45, 2.75) is 37.5 Å². The second kappa shape index (κ2) is 7.27. The second-order valence-corrected chi connectivity index (χ2v) is 11.1. The van der Waals surface area contributed by atoms with Crippen molar-refractivity contribution in [2.24, 2.45) is 0 Å². The number of anilines is 1. The van der Waals surface area contributed by atoms with Crippen LogP contribution in [0.15, 0.2) is 30.5 Å². The molecular weight excluding hydrogens is 419 g/mol. The summed E-state index contributed by atoms with van der Waals surface area (Å²) in [5.74, 6) is 0.722. The molecule has 3 aromatic rings. The Hall–Kier alpha value is -2.52. The van der Waals surface area contributed by atoms with E-state index in [0.717, 1.165) is 5.39 Å². The van der Waals surface area contributed by atoms with Crippen molar-refractivity contribution >= 4 is 26.6 Å². The second-order valence-electron chi connectivity index (χ2n) is 8.60. The zero-order valence-electron chi connectivity index (χ0n) is 17.6. The molecule has 0 bridgehead atoms. The van der Waals surface area contributed by atoms with Crippen molar-refractivity contribution in [2.75, 3.05) is 30.4 Å². The van der Waals surface area contributed by atoms with E-state index in [4.69, 9.17) is 14.7 Å². The van der Waals surface area contributed by atoms with Crippen LogP contribution in [0.25, 0.3) is 22.3 Å². The third-order valence-corrected chi connectivity index (χ3v) is 9.16. The Kier molecular flexibility index (Phi) is 4.78. The Morgan fingerprint density at radius 3 is 2.87 bits per heavy atom. The highest BCUT2D eigenvalue weighted by molar-refractivity contribution is 7.92. The molecule has 1 N–H and O–H groups in total. The van der Waals surface area contributed by atoms with E-state index >= 15 is 0 Å². The molecule has 0 saturated carbocycles. The molecule has 1 aromatic carbocycles. The lowest BCUT2D eigenvalue weighted by molar-refractivity contribution is 0.0985. The van der Waals surface area contributed by atoms with Crippen molar-refractivity contribution in [3.63, 3.8) is 0 Å². The number of halogens is 1. The van der Waals surface area contributed by atoms with E-state index in [2.05, 4.69) is 9.88 Å². The number of fused-ring (bicyclic) bond motifs is 1. The fourth-order valence-corrected chi connectivity index (χ4v) is 6.48. The van der Waals surface area contributed by atoms with Crippen molar-refractivity contribution in [1.82, 2.24) is 15.0 Å². The minimum Gasteiger partial charge on any atom is -0.377 e. The maximum atomic E-state index is 14.4. The summed E-state index contributed by atoms with van der Waals surface area (Å²) in [5, 5.41) is 0.791. The fraction of sp³-hybridized carbons (Fsp3) is 0.455. The van der Waals surface area contributed by atoms with E-state index in [9.17, 15) is 12.8 Å².